The minimum Gasteiger partial charge on any atom is -0.309 e. The van der Waals surface area contributed by atoms with Crippen molar-refractivity contribution in [3.05, 3.63) is 229 Å². The molecule has 13 rings (SSSR count). The number of rotatable bonds is 4. The first-order chi connectivity index (χ1) is 31.7. The summed E-state index contributed by atoms with van der Waals surface area (Å²) in [6.45, 7) is 0. The van der Waals surface area contributed by atoms with Gasteiger partial charge in [0.1, 0.15) is 0 Å². The summed E-state index contributed by atoms with van der Waals surface area (Å²) in [7, 11) is 0. The van der Waals surface area contributed by atoms with Gasteiger partial charge in [0.2, 0.25) is 0 Å². The van der Waals surface area contributed by atoms with Gasteiger partial charge >= 0.3 is 0 Å². The van der Waals surface area contributed by atoms with Gasteiger partial charge in [-0.05, 0) is 117 Å². The first kappa shape index (κ1) is 36.1. The molecule has 298 valence electrons. The summed E-state index contributed by atoms with van der Waals surface area (Å²) in [6.07, 6.45) is 8.91. The van der Waals surface area contributed by atoms with E-state index in [-0.39, 0.29) is 0 Å². The van der Waals surface area contributed by atoms with E-state index in [0.717, 1.165) is 122 Å². The Hall–Kier alpha value is -8.60. The van der Waals surface area contributed by atoms with E-state index in [1.807, 2.05) is 0 Å². The highest BCUT2D eigenvalue weighted by Crippen LogP contribution is 2.50. The van der Waals surface area contributed by atoms with E-state index in [9.17, 15) is 0 Å². The van der Waals surface area contributed by atoms with Crippen molar-refractivity contribution < 1.29 is 0 Å². The van der Waals surface area contributed by atoms with Crippen LogP contribution in [0.1, 0.15) is 22.3 Å². The average molecular weight is 815 g/mol. The summed E-state index contributed by atoms with van der Waals surface area (Å²) in [5.41, 5.74) is 17.2. The van der Waals surface area contributed by atoms with E-state index in [0.29, 0.717) is 0 Å². The molecular weight excluding hydrogens is 777 g/mol. The Morgan fingerprint density at radius 1 is 0.281 bits per heavy atom. The third kappa shape index (κ3) is 5.77. The van der Waals surface area contributed by atoms with Crippen molar-refractivity contribution in [2.75, 3.05) is 9.80 Å². The Bertz CT molecular complexity index is 3420. The number of hydrogen-bond acceptors (Lipinski definition) is 4. The topological polar surface area (TPSA) is 32.3 Å². The van der Waals surface area contributed by atoms with Crippen molar-refractivity contribution in [3.8, 4) is 22.5 Å². The zero-order valence-corrected chi connectivity index (χ0v) is 34.7. The highest BCUT2D eigenvalue weighted by molar-refractivity contribution is 6.22. The average Bonchev–Trinajstić information content (AvgIpc) is 3.63. The van der Waals surface area contributed by atoms with Crippen molar-refractivity contribution >= 4 is 102 Å². The number of nitrogens with zero attached hydrogens (tertiary/aromatic N) is 4. The number of anilines is 6. The lowest BCUT2D eigenvalue weighted by molar-refractivity contribution is 1.28. The monoisotopic (exact) mass is 814 g/mol. The smallest absolute Gasteiger partial charge is 0.0722 e. The molecule has 0 atom stereocenters. The van der Waals surface area contributed by atoms with Crippen molar-refractivity contribution in [2.45, 2.75) is 0 Å². The number of hydrogen-bond donors (Lipinski definition) is 0. The first-order valence-electron chi connectivity index (χ1n) is 21.8. The zero-order valence-electron chi connectivity index (χ0n) is 34.7. The lowest BCUT2D eigenvalue weighted by atomic mass is 9.87. The molecule has 0 N–H and O–H groups in total. The number of aromatic nitrogens is 2. The van der Waals surface area contributed by atoms with Crippen molar-refractivity contribution in [1.29, 1.82) is 0 Å². The molecule has 2 aliphatic heterocycles. The second kappa shape index (κ2) is 14.5. The van der Waals surface area contributed by atoms with Gasteiger partial charge in [-0.2, -0.15) is 0 Å². The Morgan fingerprint density at radius 3 is 1.02 bits per heavy atom. The van der Waals surface area contributed by atoms with Gasteiger partial charge in [-0.15, -0.1) is 0 Å². The predicted octanol–water partition coefficient (Wildman–Crippen LogP) is 16.3. The number of fused-ring (bicyclic) bond motifs is 8. The second-order valence-corrected chi connectivity index (χ2v) is 16.6. The Morgan fingerprint density at radius 2 is 0.625 bits per heavy atom. The van der Waals surface area contributed by atoms with Crippen LogP contribution >= 0.6 is 0 Å². The standard InChI is InChI=1S/C60H38N4/c1-7-19-51-39(13-1)29-35-53(61-51)59-47-33-31-46(64-57-23-11-5-17-43(57)27-28-44-18-6-12-24-58(44)64)38-50(47)60(54-36-30-40-14-2-8-20-52(40)62-54)48-34-32-45(37-49(48)59)63-55-21-9-3-15-41(55)25-26-42-16-4-10-22-56(42)63/h1-38H. The highest BCUT2D eigenvalue weighted by Gasteiger charge is 2.26. The fourth-order valence-electron chi connectivity index (χ4n) is 9.95. The Balaban J connectivity index is 1.16. The fraction of sp³-hybridized carbons (Fsp3) is 0. The van der Waals surface area contributed by atoms with Crippen LogP contribution in [0.25, 0.3) is 90.2 Å². The molecule has 11 aromatic rings. The van der Waals surface area contributed by atoms with Crippen LogP contribution in [0.5, 0.6) is 0 Å². The third-order valence-electron chi connectivity index (χ3n) is 12.9. The van der Waals surface area contributed by atoms with E-state index >= 15 is 0 Å². The summed E-state index contributed by atoms with van der Waals surface area (Å²) in [5, 5.41) is 6.64. The minimum absolute atomic E-state index is 0.921. The summed E-state index contributed by atoms with van der Waals surface area (Å²) in [4.78, 5) is 15.7. The van der Waals surface area contributed by atoms with E-state index in [1.165, 1.54) is 0 Å². The quantitative estimate of drug-likeness (QED) is 0.166. The second-order valence-electron chi connectivity index (χ2n) is 16.6. The van der Waals surface area contributed by atoms with Gasteiger partial charge in [0.25, 0.3) is 0 Å². The fourth-order valence-corrected chi connectivity index (χ4v) is 9.95. The van der Waals surface area contributed by atoms with Crippen molar-refractivity contribution in [2.24, 2.45) is 0 Å². The maximum Gasteiger partial charge on any atom is 0.0722 e. The molecule has 4 nitrogen and oxygen atoms in total. The van der Waals surface area contributed by atoms with Gasteiger partial charge in [-0.1, -0.05) is 158 Å². The van der Waals surface area contributed by atoms with Crippen LogP contribution in [0.4, 0.5) is 34.1 Å². The van der Waals surface area contributed by atoms with Gasteiger partial charge in [-0.3, -0.25) is 0 Å². The molecule has 4 heteroatoms. The van der Waals surface area contributed by atoms with Gasteiger partial charge in [0.05, 0.1) is 45.2 Å². The molecule has 0 saturated heterocycles. The Kier molecular flexibility index (Phi) is 8.18. The predicted molar refractivity (Wildman–Crippen MR) is 270 cm³/mol. The number of benzene rings is 9. The Labute approximate surface area is 371 Å². The SMILES string of the molecule is C1=Cc2ccccc2N(c2ccc3c(-c4ccc5ccccc5n4)c4cc(N5c6ccccc6C=Cc6ccccc65)ccc4c(-c4ccc5ccccc5n4)c3c2)c2ccccc21. The molecular formula is C60H38N4. The molecule has 0 unspecified atom stereocenters. The van der Waals surface area contributed by atoms with Crippen LogP contribution in [0, 0.1) is 0 Å². The van der Waals surface area contributed by atoms with E-state index in [4.69, 9.17) is 9.97 Å². The molecule has 4 heterocycles. The third-order valence-corrected chi connectivity index (χ3v) is 12.9. The molecule has 9 aromatic carbocycles. The van der Waals surface area contributed by atoms with Gasteiger partial charge in [0.15, 0.2) is 0 Å². The molecule has 0 fully saturated rings. The molecule has 0 radical (unpaired) electrons. The molecule has 2 aliphatic rings. The van der Waals surface area contributed by atoms with Crippen LogP contribution in [0.3, 0.4) is 0 Å². The van der Waals surface area contributed by atoms with Gasteiger partial charge < -0.3 is 9.80 Å². The van der Waals surface area contributed by atoms with Crippen LogP contribution in [0.15, 0.2) is 206 Å². The lowest BCUT2D eigenvalue weighted by Gasteiger charge is -2.29. The summed E-state index contributed by atoms with van der Waals surface area (Å²) < 4.78 is 0. The maximum absolute atomic E-state index is 5.44. The van der Waals surface area contributed by atoms with Crippen LogP contribution in [0.2, 0.25) is 0 Å². The van der Waals surface area contributed by atoms with Crippen molar-refractivity contribution in [1.82, 2.24) is 9.97 Å². The van der Waals surface area contributed by atoms with Crippen LogP contribution in [-0.2, 0) is 0 Å². The summed E-state index contributed by atoms with van der Waals surface area (Å²) in [6, 6.07) is 74.2. The molecule has 0 spiro atoms. The normalized spacial score (nSPS) is 12.8. The molecule has 0 aliphatic carbocycles. The number of para-hydroxylation sites is 6. The molecule has 0 amide bonds. The largest absolute Gasteiger partial charge is 0.309 e. The van der Waals surface area contributed by atoms with Crippen LogP contribution < -0.4 is 9.80 Å². The van der Waals surface area contributed by atoms with E-state index < -0.39 is 0 Å². The van der Waals surface area contributed by atoms with E-state index in [1.54, 1.807) is 0 Å². The molecule has 0 saturated carbocycles. The minimum atomic E-state index is 0.921. The van der Waals surface area contributed by atoms with Gasteiger partial charge in [0, 0.05) is 33.3 Å². The maximum atomic E-state index is 5.44. The molecule has 0 bridgehead atoms. The summed E-state index contributed by atoms with van der Waals surface area (Å²) >= 11 is 0. The summed E-state index contributed by atoms with van der Waals surface area (Å²) in [5.74, 6) is 0. The van der Waals surface area contributed by atoms with Crippen LogP contribution in [-0.4, -0.2) is 9.97 Å². The lowest BCUT2D eigenvalue weighted by Crippen LogP contribution is -2.12. The number of pyridine rings is 2. The highest BCUT2D eigenvalue weighted by atomic mass is 15.2. The van der Waals surface area contributed by atoms with Gasteiger partial charge in [-0.25, -0.2) is 9.97 Å². The van der Waals surface area contributed by atoms with E-state index in [2.05, 4.69) is 240 Å². The molecule has 64 heavy (non-hydrogen) atoms. The molecule has 2 aromatic heterocycles. The van der Waals surface area contributed by atoms with Crippen molar-refractivity contribution in [3.63, 3.8) is 0 Å². The zero-order chi connectivity index (χ0) is 42.1. The first-order valence-corrected chi connectivity index (χ1v) is 21.8.